The molecule has 1 aromatic rings. The van der Waals surface area contributed by atoms with E-state index in [1.165, 1.54) is 12.8 Å². The van der Waals surface area contributed by atoms with Crippen LogP contribution in [0, 0.1) is 5.92 Å². The van der Waals surface area contributed by atoms with Crippen LogP contribution >= 0.6 is 0 Å². The number of quaternary nitrogens is 1. The smallest absolute Gasteiger partial charge is 0.146 e. The summed E-state index contributed by atoms with van der Waals surface area (Å²) in [5.41, 5.74) is 0.957. The summed E-state index contributed by atoms with van der Waals surface area (Å²) in [5, 5.41) is 9.79. The van der Waals surface area contributed by atoms with Crippen LogP contribution in [0.3, 0.4) is 0 Å². The number of rotatable bonds is 5. The zero-order valence-corrected chi connectivity index (χ0v) is 14.6. The molecule has 2 unspecified atom stereocenters. The van der Waals surface area contributed by atoms with Crippen LogP contribution in [0.25, 0.3) is 0 Å². The van der Waals surface area contributed by atoms with Gasteiger partial charge in [0, 0.05) is 31.6 Å². The molecule has 126 valence electrons. The summed E-state index contributed by atoms with van der Waals surface area (Å²) in [6.45, 7) is 4.55. The zero-order valence-electron chi connectivity index (χ0n) is 14.6. The van der Waals surface area contributed by atoms with E-state index in [1.807, 2.05) is 30.3 Å². The predicted molar refractivity (Wildman–Crippen MR) is 92.1 cm³/mol. The van der Waals surface area contributed by atoms with Crippen molar-refractivity contribution in [3.05, 3.63) is 35.9 Å². The van der Waals surface area contributed by atoms with Crippen molar-refractivity contribution in [1.29, 1.82) is 0 Å². The first-order valence-electron chi connectivity index (χ1n) is 9.03. The molecule has 2 fully saturated rings. The van der Waals surface area contributed by atoms with Crippen molar-refractivity contribution in [2.75, 3.05) is 13.7 Å². The molecule has 2 aliphatic heterocycles. The molecule has 0 aromatic heterocycles. The Morgan fingerprint density at radius 2 is 1.74 bits per heavy atom. The Morgan fingerprint density at radius 1 is 1.17 bits per heavy atom. The van der Waals surface area contributed by atoms with Gasteiger partial charge in [-0.25, -0.2) is 0 Å². The number of ketones is 1. The molecule has 0 radical (unpaired) electrons. The van der Waals surface area contributed by atoms with Crippen LogP contribution in [0.2, 0.25) is 0 Å². The summed E-state index contributed by atoms with van der Waals surface area (Å²) in [6.07, 6.45) is 4.48. The second-order valence-electron chi connectivity index (χ2n) is 7.92. The molecule has 0 aliphatic carbocycles. The quantitative estimate of drug-likeness (QED) is 0.848. The fourth-order valence-electron chi connectivity index (χ4n) is 5.09. The van der Waals surface area contributed by atoms with Crippen LogP contribution in [0.15, 0.2) is 30.3 Å². The van der Waals surface area contributed by atoms with Crippen LogP contribution in [-0.4, -0.2) is 47.2 Å². The molecule has 0 amide bonds. The van der Waals surface area contributed by atoms with E-state index < -0.39 is 0 Å². The molecule has 3 rings (SSSR count). The molecule has 5 atom stereocenters. The zero-order chi connectivity index (χ0) is 16.6. The van der Waals surface area contributed by atoms with Gasteiger partial charge in [0.05, 0.1) is 37.7 Å². The Kier molecular flexibility index (Phi) is 4.61. The lowest BCUT2D eigenvalue weighted by Gasteiger charge is -2.50. The normalized spacial score (nSPS) is 34.6. The van der Waals surface area contributed by atoms with E-state index in [4.69, 9.17) is 0 Å². The monoisotopic (exact) mass is 316 g/mol. The lowest BCUT2D eigenvalue weighted by molar-refractivity contribution is -0.968. The number of hydrogen-bond acceptors (Lipinski definition) is 2. The summed E-state index contributed by atoms with van der Waals surface area (Å²) in [4.78, 5) is 13.1. The molecule has 1 aromatic carbocycles. The number of fused-ring (bicyclic) bond motifs is 2. The lowest BCUT2D eigenvalue weighted by Crippen LogP contribution is -2.62. The lowest BCUT2D eigenvalue weighted by atomic mass is 9.79. The van der Waals surface area contributed by atoms with Crippen molar-refractivity contribution in [3.8, 4) is 0 Å². The van der Waals surface area contributed by atoms with E-state index in [2.05, 4.69) is 20.9 Å². The van der Waals surface area contributed by atoms with Crippen molar-refractivity contribution in [2.24, 2.45) is 5.92 Å². The van der Waals surface area contributed by atoms with Gasteiger partial charge in [0.2, 0.25) is 0 Å². The van der Waals surface area contributed by atoms with Crippen molar-refractivity contribution in [1.82, 2.24) is 0 Å². The Labute approximate surface area is 139 Å². The van der Waals surface area contributed by atoms with E-state index >= 15 is 0 Å². The minimum atomic E-state index is -0.350. The Balaban J connectivity index is 1.78. The molecule has 3 heteroatoms. The van der Waals surface area contributed by atoms with Crippen molar-refractivity contribution in [2.45, 2.75) is 63.6 Å². The second-order valence-corrected chi connectivity index (χ2v) is 7.92. The number of carbonyl (C=O) groups excluding carboxylic acids is 1. The molecule has 23 heavy (non-hydrogen) atoms. The highest BCUT2D eigenvalue weighted by atomic mass is 16.3. The van der Waals surface area contributed by atoms with Gasteiger partial charge in [-0.15, -0.1) is 0 Å². The van der Waals surface area contributed by atoms with Gasteiger partial charge in [-0.2, -0.15) is 0 Å². The van der Waals surface area contributed by atoms with E-state index in [1.54, 1.807) is 0 Å². The van der Waals surface area contributed by atoms with Crippen molar-refractivity contribution in [3.63, 3.8) is 0 Å². The summed E-state index contributed by atoms with van der Waals surface area (Å²) < 4.78 is 1.14. The Bertz CT molecular complexity index is 540. The van der Waals surface area contributed by atoms with Crippen LogP contribution in [0.4, 0.5) is 0 Å². The van der Waals surface area contributed by atoms with Crippen LogP contribution in [-0.2, 0) is 4.79 Å². The average molecular weight is 316 g/mol. The molecule has 0 saturated carbocycles. The van der Waals surface area contributed by atoms with Crippen LogP contribution in [0.1, 0.15) is 51.0 Å². The number of piperidine rings is 1. The number of benzene rings is 1. The number of carbonyl (C=O) groups is 1. The highest BCUT2D eigenvalue weighted by molar-refractivity contribution is 5.88. The maximum Gasteiger partial charge on any atom is 0.146 e. The maximum absolute atomic E-state index is 13.1. The molecule has 1 N–H and O–H groups in total. The highest BCUT2D eigenvalue weighted by Gasteiger charge is 2.54. The number of hydrogen-bond donors (Lipinski definition) is 1. The third kappa shape index (κ3) is 2.74. The number of aliphatic hydroxyl groups is 1. The summed E-state index contributed by atoms with van der Waals surface area (Å²) in [6, 6.07) is 11.6. The fourth-order valence-corrected chi connectivity index (χ4v) is 5.09. The fraction of sp³-hybridized carbons (Fsp3) is 0.650. The van der Waals surface area contributed by atoms with Crippen molar-refractivity contribution < 1.29 is 14.4 Å². The molecule has 2 bridgehead atoms. The number of aliphatic hydroxyl groups excluding tert-OH is 1. The van der Waals surface area contributed by atoms with E-state index in [0.29, 0.717) is 18.1 Å². The number of Topliss-reactive ketones (excluding diaryl/α,β-unsaturated/α-hetero) is 1. The Hall–Kier alpha value is -1.19. The van der Waals surface area contributed by atoms with Gasteiger partial charge in [-0.3, -0.25) is 4.79 Å². The van der Waals surface area contributed by atoms with Crippen LogP contribution < -0.4 is 0 Å². The van der Waals surface area contributed by atoms with Crippen molar-refractivity contribution >= 4 is 5.78 Å². The maximum atomic E-state index is 13.1. The van der Waals surface area contributed by atoms with Gasteiger partial charge in [0.25, 0.3) is 0 Å². The van der Waals surface area contributed by atoms with E-state index in [0.717, 1.165) is 22.9 Å². The third-order valence-corrected chi connectivity index (χ3v) is 6.76. The first kappa shape index (κ1) is 16.7. The highest BCUT2D eigenvalue weighted by Crippen LogP contribution is 2.46. The predicted octanol–water partition coefficient (Wildman–Crippen LogP) is 3.13. The first-order chi connectivity index (χ1) is 11.0. The second kappa shape index (κ2) is 6.37. The van der Waals surface area contributed by atoms with Gasteiger partial charge in [0.15, 0.2) is 0 Å². The van der Waals surface area contributed by atoms with Crippen LogP contribution in [0.5, 0.6) is 0 Å². The molecule has 0 spiro atoms. The SMILES string of the molecule is CC(C)[N+]1(C)[C@@H]2CC[C@H]1CC(C(=O)[C@H](CO)c1ccccc1)C2. The molecule has 3 nitrogen and oxygen atoms in total. The van der Waals surface area contributed by atoms with Gasteiger partial charge in [-0.05, 0) is 19.4 Å². The van der Waals surface area contributed by atoms with E-state index in [-0.39, 0.29) is 24.2 Å². The summed E-state index contributed by atoms with van der Waals surface area (Å²) >= 11 is 0. The first-order valence-corrected chi connectivity index (χ1v) is 9.03. The molecule has 2 saturated heterocycles. The molecule has 2 heterocycles. The van der Waals surface area contributed by atoms with Gasteiger partial charge in [0.1, 0.15) is 5.78 Å². The van der Waals surface area contributed by atoms with E-state index in [9.17, 15) is 9.90 Å². The average Bonchev–Trinajstić information content (AvgIpc) is 2.75. The Morgan fingerprint density at radius 3 is 2.22 bits per heavy atom. The molecular formula is C20H30NO2+. The largest absolute Gasteiger partial charge is 0.395 e. The minimum Gasteiger partial charge on any atom is -0.395 e. The molecular weight excluding hydrogens is 286 g/mol. The van der Waals surface area contributed by atoms with Gasteiger partial charge in [-0.1, -0.05) is 30.3 Å². The number of nitrogens with zero attached hydrogens (tertiary/aromatic N) is 1. The third-order valence-electron chi connectivity index (χ3n) is 6.76. The summed E-state index contributed by atoms with van der Waals surface area (Å²) in [7, 11) is 2.38. The summed E-state index contributed by atoms with van der Waals surface area (Å²) in [5.74, 6) is 0.0249. The molecule has 2 aliphatic rings. The minimum absolute atomic E-state index is 0.0784. The standard InChI is InChI=1S/C20H30NO2/c1-14(2)21(3)17-9-10-18(21)12-16(11-17)20(23)19(13-22)15-7-5-4-6-8-15/h4-8,14,16-19,22H,9-13H2,1-3H3/q+1/t16?,17-,18+,19-,21?/m1/s1. The van der Waals surface area contributed by atoms with Gasteiger partial charge >= 0.3 is 0 Å². The topological polar surface area (TPSA) is 37.3 Å². The van der Waals surface area contributed by atoms with Gasteiger partial charge < -0.3 is 9.59 Å².